The summed E-state index contributed by atoms with van der Waals surface area (Å²) in [7, 11) is -3.82. The highest BCUT2D eigenvalue weighted by molar-refractivity contribution is 7.92. The van der Waals surface area contributed by atoms with E-state index in [1.54, 1.807) is 10.6 Å². The molecule has 0 unspecified atom stereocenters. The van der Waals surface area contributed by atoms with Gasteiger partial charge in [-0.25, -0.2) is 12.8 Å². The predicted molar refractivity (Wildman–Crippen MR) is 93.7 cm³/mol. The van der Waals surface area contributed by atoms with E-state index < -0.39 is 15.8 Å². The Morgan fingerprint density at radius 3 is 2.42 bits per heavy atom. The van der Waals surface area contributed by atoms with E-state index in [0.29, 0.717) is 10.2 Å². The Bertz CT molecular complexity index is 1050. The SMILES string of the molecule is CC(C)n1c(=O)sc2cc(S(=O)(=O)Nc3ccc(F)cc3)ccc21. The second kappa shape index (κ2) is 6.03. The number of rotatable bonds is 4. The van der Waals surface area contributed by atoms with Crippen molar-refractivity contribution >= 4 is 37.3 Å². The van der Waals surface area contributed by atoms with Gasteiger partial charge in [-0.1, -0.05) is 11.3 Å². The fourth-order valence-corrected chi connectivity index (χ4v) is 4.62. The fourth-order valence-electron chi connectivity index (χ4n) is 2.40. The van der Waals surface area contributed by atoms with Crippen molar-refractivity contribution < 1.29 is 12.8 Å². The molecule has 24 heavy (non-hydrogen) atoms. The second-order valence-electron chi connectivity index (χ2n) is 5.57. The minimum atomic E-state index is -3.82. The average molecular weight is 366 g/mol. The van der Waals surface area contributed by atoms with Crippen LogP contribution in [0.15, 0.2) is 52.2 Å². The maximum absolute atomic E-state index is 12.9. The van der Waals surface area contributed by atoms with Gasteiger partial charge in [0, 0.05) is 11.7 Å². The summed E-state index contributed by atoms with van der Waals surface area (Å²) in [6, 6.07) is 9.60. The van der Waals surface area contributed by atoms with Gasteiger partial charge in [0.1, 0.15) is 5.82 Å². The summed E-state index contributed by atoms with van der Waals surface area (Å²) >= 11 is 1.01. The molecule has 5 nitrogen and oxygen atoms in total. The molecule has 0 aliphatic heterocycles. The van der Waals surface area contributed by atoms with Gasteiger partial charge in [0.2, 0.25) is 0 Å². The first-order valence-corrected chi connectivity index (χ1v) is 9.51. The maximum Gasteiger partial charge on any atom is 0.308 e. The first-order chi connectivity index (χ1) is 11.3. The molecule has 0 radical (unpaired) electrons. The van der Waals surface area contributed by atoms with Crippen molar-refractivity contribution in [2.75, 3.05) is 4.72 Å². The molecule has 0 amide bonds. The number of hydrogen-bond acceptors (Lipinski definition) is 4. The number of nitrogens with zero attached hydrogens (tertiary/aromatic N) is 1. The lowest BCUT2D eigenvalue weighted by molar-refractivity contribution is 0.601. The number of thiazole rings is 1. The number of fused-ring (bicyclic) bond motifs is 1. The topological polar surface area (TPSA) is 68.2 Å². The molecule has 2 aromatic carbocycles. The molecule has 1 N–H and O–H groups in total. The summed E-state index contributed by atoms with van der Waals surface area (Å²) in [6.07, 6.45) is 0. The lowest BCUT2D eigenvalue weighted by Crippen LogP contribution is -2.15. The third kappa shape index (κ3) is 3.07. The molecule has 0 fully saturated rings. The molecule has 0 aliphatic rings. The van der Waals surface area contributed by atoms with Gasteiger partial charge < -0.3 is 0 Å². The summed E-state index contributed by atoms with van der Waals surface area (Å²) < 4.78 is 42.5. The first-order valence-electron chi connectivity index (χ1n) is 7.21. The normalized spacial score (nSPS) is 12.0. The molecule has 0 spiro atoms. The van der Waals surface area contributed by atoms with E-state index in [4.69, 9.17) is 0 Å². The van der Waals surface area contributed by atoms with Crippen molar-refractivity contribution in [3.8, 4) is 0 Å². The number of sulfonamides is 1. The smallest absolute Gasteiger partial charge is 0.296 e. The van der Waals surface area contributed by atoms with Gasteiger partial charge in [0.25, 0.3) is 10.0 Å². The van der Waals surface area contributed by atoms with Gasteiger partial charge >= 0.3 is 4.87 Å². The van der Waals surface area contributed by atoms with Crippen LogP contribution in [-0.2, 0) is 10.0 Å². The van der Waals surface area contributed by atoms with Crippen molar-refractivity contribution in [3.63, 3.8) is 0 Å². The minimum absolute atomic E-state index is 0.00829. The van der Waals surface area contributed by atoms with E-state index in [9.17, 15) is 17.6 Å². The number of nitrogens with one attached hydrogen (secondary N) is 1. The second-order valence-corrected chi connectivity index (χ2v) is 8.25. The summed E-state index contributed by atoms with van der Waals surface area (Å²) in [5.74, 6) is -0.445. The van der Waals surface area contributed by atoms with Gasteiger partial charge in [-0.15, -0.1) is 0 Å². The van der Waals surface area contributed by atoms with Gasteiger partial charge in [-0.2, -0.15) is 0 Å². The van der Waals surface area contributed by atoms with Crippen molar-refractivity contribution in [1.82, 2.24) is 4.57 Å². The van der Waals surface area contributed by atoms with Crippen LogP contribution in [0.1, 0.15) is 19.9 Å². The van der Waals surface area contributed by atoms with Gasteiger partial charge in [-0.05, 0) is 56.3 Å². The molecule has 1 aromatic heterocycles. The third-order valence-electron chi connectivity index (χ3n) is 3.51. The average Bonchev–Trinajstić information content (AvgIpc) is 2.84. The fraction of sp³-hybridized carbons (Fsp3) is 0.188. The molecule has 3 rings (SSSR count). The molecule has 1 heterocycles. The summed E-state index contributed by atoms with van der Waals surface area (Å²) in [6.45, 7) is 3.79. The zero-order chi connectivity index (χ0) is 17.5. The first kappa shape index (κ1) is 16.7. The van der Waals surface area contributed by atoms with Crippen LogP contribution in [0, 0.1) is 5.82 Å². The largest absolute Gasteiger partial charge is 0.308 e. The Labute approximate surface area is 142 Å². The lowest BCUT2D eigenvalue weighted by atomic mass is 10.3. The van der Waals surface area contributed by atoms with Crippen molar-refractivity contribution in [2.24, 2.45) is 0 Å². The number of halogens is 1. The molecule has 0 saturated carbocycles. The Balaban J connectivity index is 2.02. The monoisotopic (exact) mass is 366 g/mol. The third-order valence-corrected chi connectivity index (χ3v) is 5.81. The maximum atomic E-state index is 12.9. The van der Waals surface area contributed by atoms with Crippen LogP contribution >= 0.6 is 11.3 Å². The Morgan fingerprint density at radius 2 is 1.79 bits per heavy atom. The Kier molecular flexibility index (Phi) is 4.18. The van der Waals surface area contributed by atoms with E-state index in [0.717, 1.165) is 11.3 Å². The van der Waals surface area contributed by atoms with Crippen LogP contribution < -0.4 is 9.60 Å². The van der Waals surface area contributed by atoms with Crippen molar-refractivity contribution in [1.29, 1.82) is 0 Å². The van der Waals surface area contributed by atoms with Crippen LogP contribution in [0.3, 0.4) is 0 Å². The number of aromatic nitrogens is 1. The van der Waals surface area contributed by atoms with Crippen molar-refractivity contribution in [3.05, 3.63) is 57.9 Å². The molecular formula is C16H15FN2O3S2. The highest BCUT2D eigenvalue weighted by Gasteiger charge is 2.17. The van der Waals surface area contributed by atoms with E-state index in [-0.39, 0.29) is 21.5 Å². The Hall–Kier alpha value is -2.19. The number of hydrogen-bond donors (Lipinski definition) is 1. The lowest BCUT2D eigenvalue weighted by Gasteiger charge is -2.09. The number of benzene rings is 2. The summed E-state index contributed by atoms with van der Waals surface area (Å²) in [5, 5.41) is 0. The molecule has 0 atom stereocenters. The molecule has 0 saturated heterocycles. The zero-order valence-corrected chi connectivity index (χ0v) is 14.6. The number of anilines is 1. The summed E-state index contributed by atoms with van der Waals surface area (Å²) in [5.41, 5.74) is 0.977. The van der Waals surface area contributed by atoms with Crippen LogP contribution in [0.5, 0.6) is 0 Å². The van der Waals surface area contributed by atoms with Crippen LogP contribution in [0.25, 0.3) is 10.2 Å². The van der Waals surface area contributed by atoms with E-state index in [1.807, 2.05) is 13.8 Å². The summed E-state index contributed by atoms with van der Waals surface area (Å²) in [4.78, 5) is 12.0. The quantitative estimate of drug-likeness (QED) is 0.767. The van der Waals surface area contributed by atoms with Gasteiger partial charge in [-0.3, -0.25) is 14.1 Å². The van der Waals surface area contributed by atoms with E-state index in [2.05, 4.69) is 4.72 Å². The van der Waals surface area contributed by atoms with Crippen LogP contribution in [0.4, 0.5) is 10.1 Å². The zero-order valence-electron chi connectivity index (χ0n) is 13.0. The van der Waals surface area contributed by atoms with Gasteiger partial charge in [0.05, 0.1) is 15.1 Å². The molecule has 8 heteroatoms. The molecule has 0 aliphatic carbocycles. The highest BCUT2D eigenvalue weighted by atomic mass is 32.2. The van der Waals surface area contributed by atoms with E-state index in [1.165, 1.54) is 36.4 Å². The standard InChI is InChI=1S/C16H15FN2O3S2/c1-10(2)19-14-8-7-13(9-15(14)23-16(19)20)24(21,22)18-12-5-3-11(17)4-6-12/h3-10,18H,1-2H3. The molecular weight excluding hydrogens is 351 g/mol. The van der Waals surface area contributed by atoms with E-state index >= 15 is 0 Å². The molecule has 3 aromatic rings. The Morgan fingerprint density at radius 1 is 1.12 bits per heavy atom. The van der Waals surface area contributed by atoms with Crippen LogP contribution in [-0.4, -0.2) is 13.0 Å². The van der Waals surface area contributed by atoms with Crippen molar-refractivity contribution in [2.45, 2.75) is 24.8 Å². The highest BCUT2D eigenvalue weighted by Crippen LogP contribution is 2.25. The van der Waals surface area contributed by atoms with Gasteiger partial charge in [0.15, 0.2) is 0 Å². The molecule has 126 valence electrons. The predicted octanol–water partition coefficient (Wildman–Crippen LogP) is 3.58. The minimum Gasteiger partial charge on any atom is -0.296 e. The van der Waals surface area contributed by atoms with Crippen LogP contribution in [0.2, 0.25) is 0 Å². The molecule has 0 bridgehead atoms.